The monoisotopic (exact) mass is 299 g/mol. The third-order valence-electron chi connectivity index (χ3n) is 3.61. The molecule has 0 aromatic heterocycles. The molecule has 21 heavy (non-hydrogen) atoms. The summed E-state index contributed by atoms with van der Waals surface area (Å²) in [6.07, 6.45) is 3.31. The highest BCUT2D eigenvalue weighted by Crippen LogP contribution is 2.32. The molecule has 1 amide bonds. The maximum atomic E-state index is 12.9. The molecule has 6 heteroatoms. The molecule has 2 N–H and O–H groups in total. The highest BCUT2D eigenvalue weighted by molar-refractivity contribution is 5.77. The van der Waals surface area contributed by atoms with Crippen LogP contribution in [-0.4, -0.2) is 29.8 Å². The van der Waals surface area contributed by atoms with Gasteiger partial charge in [0.15, 0.2) is 11.6 Å². The molecule has 1 aliphatic rings. The zero-order chi connectivity index (χ0) is 15.3. The van der Waals surface area contributed by atoms with Gasteiger partial charge in [0, 0.05) is 6.07 Å². The standard InChI is InChI=1S/C15H19F2NO3/c16-12-4-3-11(9-13(12)17)21-8-7-18-14(19)10-15(20)5-1-2-6-15/h3-4,9,20H,1-2,5-8,10H2,(H,18,19). The summed E-state index contributed by atoms with van der Waals surface area (Å²) in [5.41, 5.74) is -0.870. The summed E-state index contributed by atoms with van der Waals surface area (Å²) in [5, 5.41) is 12.7. The summed E-state index contributed by atoms with van der Waals surface area (Å²) in [6, 6.07) is 3.26. The first-order chi connectivity index (χ1) is 9.98. The molecule has 0 aliphatic heterocycles. The fraction of sp³-hybridized carbons (Fsp3) is 0.533. The van der Waals surface area contributed by atoms with Crippen molar-refractivity contribution >= 4 is 5.91 Å². The molecule has 1 fully saturated rings. The van der Waals surface area contributed by atoms with Crippen LogP contribution in [0.2, 0.25) is 0 Å². The summed E-state index contributed by atoms with van der Waals surface area (Å²) in [5.74, 6) is -1.92. The summed E-state index contributed by atoms with van der Waals surface area (Å²) < 4.78 is 30.8. The first kappa shape index (κ1) is 15.7. The van der Waals surface area contributed by atoms with Gasteiger partial charge in [0.2, 0.25) is 5.91 Å². The molecule has 1 aromatic rings. The molecule has 0 radical (unpaired) electrons. The Kier molecular flexibility index (Phi) is 5.12. The number of hydrogen-bond donors (Lipinski definition) is 2. The second kappa shape index (κ2) is 6.85. The summed E-state index contributed by atoms with van der Waals surface area (Å²) in [7, 11) is 0. The van der Waals surface area contributed by atoms with E-state index in [1.165, 1.54) is 6.07 Å². The second-order valence-corrected chi connectivity index (χ2v) is 5.38. The number of halogens is 2. The van der Waals surface area contributed by atoms with E-state index in [9.17, 15) is 18.7 Å². The Balaban J connectivity index is 1.67. The van der Waals surface area contributed by atoms with E-state index in [0.717, 1.165) is 25.0 Å². The Hall–Kier alpha value is -1.69. The number of ether oxygens (including phenoxy) is 1. The Labute approximate surface area is 122 Å². The lowest BCUT2D eigenvalue weighted by Crippen LogP contribution is -2.36. The molecule has 0 saturated heterocycles. The van der Waals surface area contributed by atoms with Crippen molar-refractivity contribution in [3.05, 3.63) is 29.8 Å². The number of amides is 1. The first-order valence-corrected chi connectivity index (χ1v) is 7.05. The molecule has 0 bridgehead atoms. The SMILES string of the molecule is O=C(CC1(O)CCCC1)NCCOc1ccc(F)c(F)c1. The molecule has 4 nitrogen and oxygen atoms in total. The Morgan fingerprint density at radius 3 is 2.67 bits per heavy atom. The van der Waals surface area contributed by atoms with Crippen molar-refractivity contribution in [2.24, 2.45) is 0 Å². The highest BCUT2D eigenvalue weighted by atomic mass is 19.2. The van der Waals surface area contributed by atoms with E-state index in [1.807, 2.05) is 0 Å². The molecular formula is C15H19F2NO3. The van der Waals surface area contributed by atoms with Gasteiger partial charge in [0.05, 0.1) is 18.6 Å². The molecule has 1 aliphatic carbocycles. The van der Waals surface area contributed by atoms with Crippen LogP contribution >= 0.6 is 0 Å². The van der Waals surface area contributed by atoms with Crippen molar-refractivity contribution in [3.8, 4) is 5.75 Å². The lowest BCUT2D eigenvalue weighted by atomic mass is 9.98. The molecule has 0 unspecified atom stereocenters. The van der Waals surface area contributed by atoms with Gasteiger partial charge in [-0.05, 0) is 25.0 Å². The van der Waals surface area contributed by atoms with Crippen molar-refractivity contribution < 1.29 is 23.4 Å². The van der Waals surface area contributed by atoms with Crippen LogP contribution in [0.1, 0.15) is 32.1 Å². The smallest absolute Gasteiger partial charge is 0.223 e. The Morgan fingerprint density at radius 1 is 1.29 bits per heavy atom. The molecule has 1 aromatic carbocycles. The molecule has 116 valence electrons. The van der Waals surface area contributed by atoms with E-state index < -0.39 is 17.2 Å². The van der Waals surface area contributed by atoms with E-state index in [-0.39, 0.29) is 31.2 Å². The topological polar surface area (TPSA) is 58.6 Å². The van der Waals surface area contributed by atoms with Crippen LogP contribution in [0.3, 0.4) is 0 Å². The van der Waals surface area contributed by atoms with E-state index >= 15 is 0 Å². The summed E-state index contributed by atoms with van der Waals surface area (Å²) in [4.78, 5) is 11.7. The van der Waals surface area contributed by atoms with Gasteiger partial charge in [0.1, 0.15) is 12.4 Å². The van der Waals surface area contributed by atoms with Gasteiger partial charge >= 0.3 is 0 Å². The van der Waals surface area contributed by atoms with E-state index in [1.54, 1.807) is 0 Å². The molecule has 1 saturated carbocycles. The van der Waals surface area contributed by atoms with Crippen LogP contribution in [0, 0.1) is 11.6 Å². The predicted octanol–water partition coefficient (Wildman–Crippen LogP) is 2.16. The molecule has 0 spiro atoms. The van der Waals surface area contributed by atoms with Crippen LogP contribution in [-0.2, 0) is 4.79 Å². The molecule has 2 rings (SSSR count). The van der Waals surface area contributed by atoms with Gasteiger partial charge in [0.25, 0.3) is 0 Å². The van der Waals surface area contributed by atoms with Gasteiger partial charge < -0.3 is 15.2 Å². The average Bonchev–Trinajstić information content (AvgIpc) is 2.85. The Bertz CT molecular complexity index is 502. The summed E-state index contributed by atoms with van der Waals surface area (Å²) in [6.45, 7) is 0.392. The number of aliphatic hydroxyl groups is 1. The van der Waals surface area contributed by atoms with Crippen LogP contribution in [0.15, 0.2) is 18.2 Å². The molecular weight excluding hydrogens is 280 g/mol. The third-order valence-corrected chi connectivity index (χ3v) is 3.61. The van der Waals surface area contributed by atoms with E-state index in [0.29, 0.717) is 12.8 Å². The van der Waals surface area contributed by atoms with Crippen LogP contribution < -0.4 is 10.1 Å². The van der Waals surface area contributed by atoms with Crippen LogP contribution in [0.5, 0.6) is 5.75 Å². The number of hydrogen-bond acceptors (Lipinski definition) is 3. The lowest BCUT2D eigenvalue weighted by Gasteiger charge is -2.21. The van der Waals surface area contributed by atoms with Crippen molar-refractivity contribution in [2.75, 3.05) is 13.2 Å². The lowest BCUT2D eigenvalue weighted by molar-refractivity contribution is -0.126. The van der Waals surface area contributed by atoms with Crippen LogP contribution in [0.4, 0.5) is 8.78 Å². The largest absolute Gasteiger partial charge is 0.492 e. The fourth-order valence-electron chi connectivity index (χ4n) is 2.50. The zero-order valence-electron chi connectivity index (χ0n) is 11.7. The second-order valence-electron chi connectivity index (χ2n) is 5.38. The number of rotatable bonds is 6. The predicted molar refractivity (Wildman–Crippen MR) is 72.9 cm³/mol. The van der Waals surface area contributed by atoms with Gasteiger partial charge in [-0.25, -0.2) is 8.78 Å². The van der Waals surface area contributed by atoms with Crippen LogP contribution in [0.25, 0.3) is 0 Å². The minimum absolute atomic E-state index is 0.0954. The zero-order valence-corrected chi connectivity index (χ0v) is 11.7. The normalized spacial score (nSPS) is 16.7. The van der Waals surface area contributed by atoms with E-state index in [4.69, 9.17) is 4.74 Å². The first-order valence-electron chi connectivity index (χ1n) is 7.05. The number of carbonyl (C=O) groups is 1. The minimum Gasteiger partial charge on any atom is -0.492 e. The third kappa shape index (κ3) is 4.67. The number of benzene rings is 1. The molecule has 0 heterocycles. The van der Waals surface area contributed by atoms with Crippen molar-refractivity contribution in [3.63, 3.8) is 0 Å². The van der Waals surface area contributed by atoms with Gasteiger partial charge in [-0.15, -0.1) is 0 Å². The average molecular weight is 299 g/mol. The van der Waals surface area contributed by atoms with Gasteiger partial charge in [-0.3, -0.25) is 4.79 Å². The number of nitrogens with one attached hydrogen (secondary N) is 1. The molecule has 0 atom stereocenters. The maximum Gasteiger partial charge on any atom is 0.223 e. The van der Waals surface area contributed by atoms with E-state index in [2.05, 4.69) is 5.32 Å². The number of carbonyl (C=O) groups excluding carboxylic acids is 1. The Morgan fingerprint density at radius 2 is 2.00 bits per heavy atom. The van der Waals surface area contributed by atoms with Gasteiger partial charge in [-0.1, -0.05) is 12.8 Å². The summed E-state index contributed by atoms with van der Waals surface area (Å²) >= 11 is 0. The minimum atomic E-state index is -0.972. The van der Waals surface area contributed by atoms with Crippen molar-refractivity contribution in [2.45, 2.75) is 37.7 Å². The maximum absolute atomic E-state index is 12.9. The fourth-order valence-corrected chi connectivity index (χ4v) is 2.50. The van der Waals surface area contributed by atoms with Gasteiger partial charge in [-0.2, -0.15) is 0 Å². The van der Waals surface area contributed by atoms with Crippen molar-refractivity contribution in [1.82, 2.24) is 5.32 Å². The quantitative estimate of drug-likeness (QED) is 0.791. The highest BCUT2D eigenvalue weighted by Gasteiger charge is 2.33. The van der Waals surface area contributed by atoms with Crippen molar-refractivity contribution in [1.29, 1.82) is 0 Å².